The van der Waals surface area contributed by atoms with Gasteiger partial charge in [0, 0.05) is 28.6 Å². The van der Waals surface area contributed by atoms with Crippen LogP contribution >= 0.6 is 11.6 Å². The summed E-state index contributed by atoms with van der Waals surface area (Å²) in [6.07, 6.45) is 3.64. The Hall–Kier alpha value is -2.64. The number of H-pyrrole nitrogens is 1. The molecule has 0 saturated carbocycles. The molecular formula is C18H17ClN4O3. The van der Waals surface area contributed by atoms with Crippen molar-refractivity contribution in [3.8, 4) is 17.1 Å². The molecule has 1 unspecified atom stereocenters. The summed E-state index contributed by atoms with van der Waals surface area (Å²) in [4.78, 5) is 23.7. The van der Waals surface area contributed by atoms with E-state index in [0.717, 1.165) is 28.6 Å². The molecule has 26 heavy (non-hydrogen) atoms. The second-order valence-corrected chi connectivity index (χ2v) is 6.43. The van der Waals surface area contributed by atoms with E-state index >= 15 is 0 Å². The van der Waals surface area contributed by atoms with E-state index in [9.17, 15) is 4.79 Å². The monoisotopic (exact) mass is 372 g/mol. The number of halogens is 1. The summed E-state index contributed by atoms with van der Waals surface area (Å²) in [6.45, 7) is 1.06. The third-order valence-electron chi connectivity index (χ3n) is 4.32. The molecule has 0 spiro atoms. The third kappa shape index (κ3) is 3.23. The van der Waals surface area contributed by atoms with Gasteiger partial charge in [-0.25, -0.2) is 9.97 Å². The van der Waals surface area contributed by atoms with Gasteiger partial charge in [0.05, 0.1) is 43.4 Å². The topological polar surface area (TPSA) is 89.1 Å². The molecule has 2 N–H and O–H groups in total. The van der Waals surface area contributed by atoms with E-state index < -0.39 is 0 Å². The molecule has 0 bridgehead atoms. The van der Waals surface area contributed by atoms with Gasteiger partial charge in [0.1, 0.15) is 6.10 Å². The molecule has 7 nitrogen and oxygen atoms in total. The third-order valence-corrected chi connectivity index (χ3v) is 4.63. The first-order valence-corrected chi connectivity index (χ1v) is 8.58. The minimum atomic E-state index is -0.311. The van der Waals surface area contributed by atoms with Crippen LogP contribution < -0.4 is 10.1 Å². The molecule has 1 aliphatic heterocycles. The molecule has 1 aliphatic rings. The average molecular weight is 373 g/mol. The molecule has 1 fully saturated rings. The zero-order valence-corrected chi connectivity index (χ0v) is 14.8. The maximum atomic E-state index is 11.9. The largest absolute Gasteiger partial charge is 0.480 e. The van der Waals surface area contributed by atoms with Crippen molar-refractivity contribution >= 4 is 28.4 Å². The number of hydrogen-bond donors (Lipinski definition) is 2. The van der Waals surface area contributed by atoms with E-state index in [0.29, 0.717) is 29.7 Å². The van der Waals surface area contributed by atoms with Crippen molar-refractivity contribution in [1.29, 1.82) is 0 Å². The van der Waals surface area contributed by atoms with Gasteiger partial charge in [0.2, 0.25) is 11.8 Å². The van der Waals surface area contributed by atoms with Crippen molar-refractivity contribution in [2.75, 3.05) is 13.7 Å². The van der Waals surface area contributed by atoms with Crippen LogP contribution in [0.25, 0.3) is 22.2 Å². The lowest BCUT2D eigenvalue weighted by Gasteiger charge is -2.24. The number of aromatic nitrogens is 3. The van der Waals surface area contributed by atoms with Gasteiger partial charge in [0.15, 0.2) is 0 Å². The first-order valence-electron chi connectivity index (χ1n) is 8.21. The van der Waals surface area contributed by atoms with Crippen LogP contribution in [0.4, 0.5) is 0 Å². The molecule has 8 heteroatoms. The lowest BCUT2D eigenvalue weighted by Crippen LogP contribution is -2.42. The number of amides is 1. The van der Waals surface area contributed by atoms with Crippen molar-refractivity contribution in [2.45, 2.75) is 19.1 Å². The molecule has 1 saturated heterocycles. The molecular weight excluding hydrogens is 356 g/mol. The minimum absolute atomic E-state index is 0.0814. The molecule has 3 aromatic rings. The van der Waals surface area contributed by atoms with Crippen molar-refractivity contribution in [3.05, 3.63) is 41.3 Å². The summed E-state index contributed by atoms with van der Waals surface area (Å²) in [6, 6.07) is 5.76. The van der Waals surface area contributed by atoms with Crippen LogP contribution in [-0.4, -0.2) is 40.7 Å². The van der Waals surface area contributed by atoms with E-state index in [2.05, 4.69) is 20.3 Å². The minimum Gasteiger partial charge on any atom is -0.480 e. The maximum absolute atomic E-state index is 11.9. The smallest absolute Gasteiger partial charge is 0.249 e. The highest BCUT2D eigenvalue weighted by molar-refractivity contribution is 6.34. The van der Waals surface area contributed by atoms with Crippen LogP contribution in [0.1, 0.15) is 12.1 Å². The SMILES string of the molecule is COc1cnc(-c2cc3[nH]c(CNC(=O)C4CCO4)cc3cc2Cl)cn1. The zero-order valence-electron chi connectivity index (χ0n) is 14.1. The number of methoxy groups -OCH3 is 1. The fourth-order valence-electron chi connectivity index (χ4n) is 2.80. The number of nitrogens with zero attached hydrogens (tertiary/aromatic N) is 2. The first-order chi connectivity index (χ1) is 12.6. The van der Waals surface area contributed by atoms with E-state index in [1.54, 1.807) is 19.5 Å². The quantitative estimate of drug-likeness (QED) is 0.718. The highest BCUT2D eigenvalue weighted by atomic mass is 35.5. The number of aromatic amines is 1. The van der Waals surface area contributed by atoms with Gasteiger partial charge in [-0.2, -0.15) is 0 Å². The standard InChI is InChI=1S/C18H17ClN4O3/c1-25-17-9-20-15(8-21-17)12-6-14-10(5-13(12)19)4-11(23-14)7-22-18(24)16-2-3-26-16/h4-6,8-9,16,23H,2-3,7H2,1H3,(H,22,24). The first kappa shape index (κ1) is 16.8. The predicted octanol–water partition coefficient (Wildman–Crippen LogP) is 2.69. The van der Waals surface area contributed by atoms with Gasteiger partial charge < -0.3 is 19.8 Å². The normalized spacial score (nSPS) is 16.3. The van der Waals surface area contributed by atoms with Crippen molar-refractivity contribution in [2.24, 2.45) is 0 Å². The Balaban J connectivity index is 1.56. The molecule has 0 aliphatic carbocycles. The Labute approximate surface area is 154 Å². The number of benzene rings is 1. The highest BCUT2D eigenvalue weighted by Gasteiger charge is 2.25. The van der Waals surface area contributed by atoms with Gasteiger partial charge in [-0.15, -0.1) is 0 Å². The Morgan fingerprint density at radius 1 is 1.38 bits per heavy atom. The lowest BCUT2D eigenvalue weighted by molar-refractivity contribution is -0.145. The summed E-state index contributed by atoms with van der Waals surface area (Å²) in [7, 11) is 1.54. The van der Waals surface area contributed by atoms with E-state index in [4.69, 9.17) is 21.1 Å². The van der Waals surface area contributed by atoms with Crippen LogP contribution in [0.5, 0.6) is 5.88 Å². The number of hydrogen-bond acceptors (Lipinski definition) is 5. The number of carbonyl (C=O) groups is 1. The lowest BCUT2D eigenvalue weighted by atomic mass is 10.1. The Kier molecular flexibility index (Phi) is 4.48. The molecule has 4 rings (SSSR count). The molecule has 1 amide bonds. The molecule has 3 heterocycles. The Bertz CT molecular complexity index is 951. The average Bonchev–Trinajstić information content (AvgIpc) is 2.99. The maximum Gasteiger partial charge on any atom is 0.249 e. The van der Waals surface area contributed by atoms with Crippen molar-refractivity contribution < 1.29 is 14.3 Å². The number of carbonyl (C=O) groups excluding carboxylic acids is 1. The van der Waals surface area contributed by atoms with Gasteiger partial charge in [-0.1, -0.05) is 11.6 Å². The Morgan fingerprint density at radius 3 is 2.88 bits per heavy atom. The van der Waals surface area contributed by atoms with Crippen molar-refractivity contribution in [1.82, 2.24) is 20.3 Å². The summed E-state index contributed by atoms with van der Waals surface area (Å²) in [5, 5.41) is 4.41. The van der Waals surface area contributed by atoms with Gasteiger partial charge in [0.25, 0.3) is 0 Å². The number of fused-ring (bicyclic) bond motifs is 1. The molecule has 2 aromatic heterocycles. The van der Waals surface area contributed by atoms with Crippen LogP contribution in [0, 0.1) is 0 Å². The van der Waals surface area contributed by atoms with Gasteiger partial charge in [-0.3, -0.25) is 4.79 Å². The van der Waals surface area contributed by atoms with Crippen LogP contribution in [-0.2, 0) is 16.1 Å². The van der Waals surface area contributed by atoms with Crippen LogP contribution in [0.15, 0.2) is 30.6 Å². The van der Waals surface area contributed by atoms with Crippen LogP contribution in [0.2, 0.25) is 5.02 Å². The second-order valence-electron chi connectivity index (χ2n) is 6.02. The molecule has 1 aromatic carbocycles. The molecule has 1 atom stereocenters. The fraction of sp³-hybridized carbons (Fsp3) is 0.278. The van der Waals surface area contributed by atoms with Gasteiger partial charge >= 0.3 is 0 Å². The van der Waals surface area contributed by atoms with Gasteiger partial charge in [-0.05, 0) is 18.2 Å². The zero-order chi connectivity index (χ0) is 18.1. The van der Waals surface area contributed by atoms with Crippen molar-refractivity contribution in [3.63, 3.8) is 0 Å². The van der Waals surface area contributed by atoms with E-state index in [-0.39, 0.29) is 12.0 Å². The predicted molar refractivity (Wildman–Crippen MR) is 97.1 cm³/mol. The summed E-state index contributed by atoms with van der Waals surface area (Å²) in [5.41, 5.74) is 3.23. The van der Waals surface area contributed by atoms with Crippen LogP contribution in [0.3, 0.4) is 0 Å². The number of ether oxygens (including phenoxy) is 2. The summed E-state index contributed by atoms with van der Waals surface area (Å²) < 4.78 is 10.2. The highest BCUT2D eigenvalue weighted by Crippen LogP contribution is 2.31. The van der Waals surface area contributed by atoms with E-state index in [1.807, 2.05) is 18.2 Å². The fourth-order valence-corrected chi connectivity index (χ4v) is 3.07. The Morgan fingerprint density at radius 2 is 2.23 bits per heavy atom. The molecule has 134 valence electrons. The summed E-state index contributed by atoms with van der Waals surface area (Å²) in [5.74, 6) is 0.362. The van der Waals surface area contributed by atoms with E-state index in [1.165, 1.54) is 0 Å². The second kappa shape index (κ2) is 6.93. The number of rotatable bonds is 5. The molecule has 0 radical (unpaired) electrons. The number of nitrogens with one attached hydrogen (secondary N) is 2. The summed E-state index contributed by atoms with van der Waals surface area (Å²) >= 11 is 6.42.